The second-order valence-electron chi connectivity index (χ2n) is 10.7. The van der Waals surface area contributed by atoms with Crippen LogP contribution in [0, 0.1) is 37.0 Å². The van der Waals surface area contributed by atoms with Gasteiger partial charge in [-0.1, -0.05) is 23.8 Å². The number of carboxylic acids is 1. The molecule has 1 aliphatic heterocycles. The van der Waals surface area contributed by atoms with Crippen molar-refractivity contribution in [3.05, 3.63) is 64.0 Å². The summed E-state index contributed by atoms with van der Waals surface area (Å²) in [6.45, 7) is 6.00. The van der Waals surface area contributed by atoms with Crippen molar-refractivity contribution in [1.29, 1.82) is 0 Å². The molecule has 192 valence electrons. The summed E-state index contributed by atoms with van der Waals surface area (Å²) in [6, 6.07) is 11.4. The van der Waals surface area contributed by atoms with Crippen LogP contribution >= 0.6 is 11.3 Å². The molecule has 4 atom stereocenters. The number of aryl methyl sites for hydroxylation is 2. The number of aromatic nitrogens is 1. The number of thiazole rings is 1. The summed E-state index contributed by atoms with van der Waals surface area (Å²) in [5.41, 5.74) is 5.12. The third-order valence-electron chi connectivity index (χ3n) is 8.73. The number of hydrogen-bond donors (Lipinski definition) is 1. The van der Waals surface area contributed by atoms with Crippen molar-refractivity contribution >= 4 is 28.4 Å². The first-order valence-electron chi connectivity index (χ1n) is 12.7. The Balaban J connectivity index is 1.20. The van der Waals surface area contributed by atoms with Crippen molar-refractivity contribution in [1.82, 2.24) is 4.98 Å². The minimum absolute atomic E-state index is 0.0353. The lowest BCUT2D eigenvalue weighted by Crippen LogP contribution is -2.65. The molecular formula is C29H30N2O5S. The van der Waals surface area contributed by atoms with Gasteiger partial charge in [0.05, 0.1) is 24.3 Å². The molecule has 4 unspecified atom stereocenters. The van der Waals surface area contributed by atoms with E-state index in [0.717, 1.165) is 52.8 Å². The molecule has 2 heterocycles. The largest absolute Gasteiger partial charge is 0.488 e. The van der Waals surface area contributed by atoms with Crippen LogP contribution in [0.5, 0.6) is 5.75 Å². The highest BCUT2D eigenvalue weighted by Crippen LogP contribution is 2.71. The highest BCUT2D eigenvalue weighted by atomic mass is 32.1. The first kappa shape index (κ1) is 24.0. The maximum absolute atomic E-state index is 12.4. The lowest BCUT2D eigenvalue weighted by Gasteiger charge is -2.64. The zero-order valence-corrected chi connectivity index (χ0v) is 22.0. The maximum atomic E-state index is 12.4. The molecule has 2 aromatic carbocycles. The molecule has 3 aromatic rings. The van der Waals surface area contributed by atoms with Crippen molar-refractivity contribution in [3.63, 3.8) is 0 Å². The van der Waals surface area contributed by atoms with Crippen molar-refractivity contribution in [2.45, 2.75) is 33.3 Å². The number of ether oxygens (including phenoxy) is 2. The molecule has 0 bridgehead atoms. The molecule has 0 radical (unpaired) electrons. The Kier molecular flexibility index (Phi) is 5.75. The van der Waals surface area contributed by atoms with E-state index in [1.54, 1.807) is 30.4 Å². The van der Waals surface area contributed by atoms with Gasteiger partial charge in [0, 0.05) is 24.0 Å². The number of nitrogens with zero attached hydrogens (tertiary/aromatic N) is 2. The van der Waals surface area contributed by atoms with Gasteiger partial charge >= 0.3 is 11.9 Å². The fourth-order valence-electron chi connectivity index (χ4n) is 6.80. The van der Waals surface area contributed by atoms with Gasteiger partial charge in [0.25, 0.3) is 0 Å². The van der Waals surface area contributed by atoms with Crippen LogP contribution in [-0.4, -0.2) is 42.2 Å². The minimum Gasteiger partial charge on any atom is -0.488 e. The van der Waals surface area contributed by atoms with E-state index in [0.29, 0.717) is 29.6 Å². The Morgan fingerprint density at radius 1 is 1.19 bits per heavy atom. The van der Waals surface area contributed by atoms with Gasteiger partial charge in [-0.2, -0.15) is 0 Å². The molecule has 1 spiro atoms. The predicted octanol–water partition coefficient (Wildman–Crippen LogP) is 5.34. The van der Waals surface area contributed by atoms with Gasteiger partial charge in [-0.15, -0.1) is 11.3 Å². The molecule has 8 heteroatoms. The molecule has 0 amide bonds. The third-order valence-corrected chi connectivity index (χ3v) is 9.63. The van der Waals surface area contributed by atoms with Crippen molar-refractivity contribution in [3.8, 4) is 17.0 Å². The second kappa shape index (κ2) is 8.87. The van der Waals surface area contributed by atoms with Crippen molar-refractivity contribution in [2.75, 3.05) is 25.1 Å². The zero-order valence-electron chi connectivity index (χ0n) is 21.2. The number of esters is 1. The van der Waals surface area contributed by atoms with Crippen LogP contribution in [-0.2, 0) is 16.1 Å². The lowest BCUT2D eigenvalue weighted by atomic mass is 9.38. The first-order valence-corrected chi connectivity index (χ1v) is 13.5. The molecule has 7 nitrogen and oxygen atoms in total. The summed E-state index contributed by atoms with van der Waals surface area (Å²) in [5, 5.41) is 12.4. The number of aromatic carboxylic acids is 1. The molecule has 2 saturated carbocycles. The number of carbonyl (C=O) groups is 2. The van der Waals surface area contributed by atoms with Crippen LogP contribution in [0.2, 0.25) is 0 Å². The molecular weight excluding hydrogens is 488 g/mol. The Morgan fingerprint density at radius 2 is 2.03 bits per heavy atom. The average molecular weight is 519 g/mol. The Labute approximate surface area is 220 Å². The molecule has 1 N–H and O–H groups in total. The van der Waals surface area contributed by atoms with E-state index in [2.05, 4.69) is 23.3 Å². The standard InChI is InChI=1S/C29H30N2O5S/c1-16-4-7-24(36-13-18-5-6-19(26(32)33)17(2)11-18)20(10-16)23-14-37-28(30-23)31-12-22-25(27(34)35-3)21-8-9-29(21,22)15-31/h4-7,10-11,14,21-22,25H,8-9,12-13,15H2,1-3H3,(H,32,33). The molecule has 1 saturated heterocycles. The number of methoxy groups -OCH3 is 1. The van der Waals surface area contributed by atoms with Gasteiger partial charge < -0.3 is 19.5 Å². The van der Waals surface area contributed by atoms with Gasteiger partial charge in [-0.3, -0.25) is 4.79 Å². The summed E-state index contributed by atoms with van der Waals surface area (Å²) in [6.07, 6.45) is 2.31. The summed E-state index contributed by atoms with van der Waals surface area (Å²) in [4.78, 5) is 31.1. The van der Waals surface area contributed by atoms with Gasteiger partial charge in [-0.25, -0.2) is 9.78 Å². The van der Waals surface area contributed by atoms with Crippen LogP contribution in [0.4, 0.5) is 5.13 Å². The summed E-state index contributed by atoms with van der Waals surface area (Å²) in [7, 11) is 1.49. The fraction of sp³-hybridized carbons (Fsp3) is 0.414. The molecule has 1 aromatic heterocycles. The van der Waals surface area contributed by atoms with Gasteiger partial charge in [0.1, 0.15) is 12.4 Å². The van der Waals surface area contributed by atoms with Crippen LogP contribution in [0.15, 0.2) is 41.8 Å². The summed E-state index contributed by atoms with van der Waals surface area (Å²) in [5.74, 6) is 0.616. The fourth-order valence-corrected chi connectivity index (χ4v) is 7.63. The van der Waals surface area contributed by atoms with Crippen LogP contribution < -0.4 is 9.64 Å². The van der Waals surface area contributed by atoms with Gasteiger partial charge in [0.2, 0.25) is 0 Å². The highest BCUT2D eigenvalue weighted by Gasteiger charge is 2.72. The van der Waals surface area contributed by atoms with E-state index in [-0.39, 0.29) is 17.3 Å². The van der Waals surface area contributed by atoms with Gasteiger partial charge in [-0.05, 0) is 73.3 Å². The van der Waals surface area contributed by atoms with Crippen molar-refractivity contribution < 1.29 is 24.2 Å². The lowest BCUT2D eigenvalue weighted by molar-refractivity contribution is -0.198. The summed E-state index contributed by atoms with van der Waals surface area (Å²) < 4.78 is 11.3. The van der Waals surface area contributed by atoms with Crippen LogP contribution in [0.25, 0.3) is 11.3 Å². The third kappa shape index (κ3) is 3.81. The SMILES string of the molecule is COC(=O)C1C2CCC23CN(c2nc(-c4cc(C)ccc4OCc4ccc(C(=O)O)c(C)c4)cs2)CC13. The monoisotopic (exact) mass is 518 g/mol. The van der Waals surface area contributed by atoms with Crippen LogP contribution in [0.3, 0.4) is 0 Å². The van der Waals surface area contributed by atoms with Crippen molar-refractivity contribution in [2.24, 2.45) is 23.2 Å². The predicted molar refractivity (Wildman–Crippen MR) is 141 cm³/mol. The van der Waals surface area contributed by atoms with E-state index in [9.17, 15) is 14.7 Å². The van der Waals surface area contributed by atoms with E-state index < -0.39 is 5.97 Å². The van der Waals surface area contributed by atoms with E-state index in [1.165, 1.54) is 13.5 Å². The van der Waals surface area contributed by atoms with Crippen LogP contribution in [0.1, 0.15) is 39.9 Å². The number of rotatable bonds is 7. The zero-order chi connectivity index (χ0) is 25.9. The first-order chi connectivity index (χ1) is 17.8. The second-order valence-corrected chi connectivity index (χ2v) is 11.5. The number of carbonyl (C=O) groups excluding carboxylic acids is 1. The van der Waals surface area contributed by atoms with E-state index >= 15 is 0 Å². The maximum Gasteiger partial charge on any atom is 0.335 e. The molecule has 2 aliphatic carbocycles. The number of anilines is 1. The Bertz CT molecular complexity index is 1400. The highest BCUT2D eigenvalue weighted by molar-refractivity contribution is 7.14. The summed E-state index contributed by atoms with van der Waals surface area (Å²) >= 11 is 1.64. The van der Waals surface area contributed by atoms with E-state index in [4.69, 9.17) is 14.5 Å². The molecule has 3 aliphatic rings. The molecule has 37 heavy (non-hydrogen) atoms. The molecule has 6 rings (SSSR count). The smallest absolute Gasteiger partial charge is 0.335 e. The normalized spacial score (nSPS) is 25.5. The molecule has 3 fully saturated rings. The number of carboxylic acid groups (broad SMARTS) is 1. The Hall–Kier alpha value is -3.39. The minimum atomic E-state index is -0.926. The number of benzene rings is 2. The Morgan fingerprint density at radius 3 is 2.73 bits per heavy atom. The number of hydrogen-bond acceptors (Lipinski definition) is 7. The average Bonchev–Trinajstić information content (AvgIpc) is 3.50. The van der Waals surface area contributed by atoms with Gasteiger partial charge in [0.15, 0.2) is 5.13 Å². The quantitative estimate of drug-likeness (QED) is 0.422. The van der Waals surface area contributed by atoms with E-state index in [1.807, 2.05) is 18.2 Å². The topological polar surface area (TPSA) is 89.0 Å².